The first kappa shape index (κ1) is 24.9. The van der Waals surface area contributed by atoms with Crippen LogP contribution in [0.4, 0.5) is 0 Å². The van der Waals surface area contributed by atoms with E-state index in [4.69, 9.17) is 0 Å². The number of hydrogen-bond acceptors (Lipinski definition) is 6. The summed E-state index contributed by atoms with van der Waals surface area (Å²) in [5, 5.41) is 8.31. The van der Waals surface area contributed by atoms with Crippen LogP contribution in [0.1, 0.15) is 106 Å². The van der Waals surface area contributed by atoms with Crippen molar-refractivity contribution >= 4 is 11.9 Å². The summed E-state index contributed by atoms with van der Waals surface area (Å²) in [6, 6.07) is 0. The Morgan fingerprint density at radius 2 is 0.923 bits per heavy atom. The summed E-state index contributed by atoms with van der Waals surface area (Å²) in [7, 11) is 0. The van der Waals surface area contributed by atoms with Crippen molar-refractivity contribution in [2.45, 2.75) is 106 Å². The third kappa shape index (κ3) is 19.2. The second-order valence-electron chi connectivity index (χ2n) is 9.29. The molecule has 0 bridgehead atoms. The number of carbonyl (C=O) groups excluding carboxylic acids is 2. The van der Waals surface area contributed by atoms with Crippen LogP contribution in [0.5, 0.6) is 0 Å². The molecule has 0 rings (SSSR count). The standard InChI is InChI=1S/C20H38O6/c1-19(2,3)15-11-7-9-13-17(21)23-25-26-24-18(22)14-10-8-12-16-20(4,5)6/h7-16H2,1-6H3. The zero-order chi connectivity index (χ0) is 20.1. The summed E-state index contributed by atoms with van der Waals surface area (Å²) in [6.45, 7) is 13.2. The van der Waals surface area contributed by atoms with E-state index in [0.29, 0.717) is 10.8 Å². The Labute approximate surface area is 158 Å². The number of hydrogen-bond donors (Lipinski definition) is 0. The number of carbonyl (C=O) groups is 2. The van der Waals surface area contributed by atoms with E-state index in [9.17, 15) is 9.59 Å². The highest BCUT2D eigenvalue weighted by Gasteiger charge is 2.12. The first-order chi connectivity index (χ1) is 12.0. The largest absolute Gasteiger partial charge is 0.345 e. The lowest BCUT2D eigenvalue weighted by Crippen LogP contribution is -2.10. The van der Waals surface area contributed by atoms with Gasteiger partial charge in [-0.05, 0) is 36.5 Å². The molecule has 6 nitrogen and oxygen atoms in total. The minimum atomic E-state index is -0.543. The van der Waals surface area contributed by atoms with Crippen molar-refractivity contribution in [2.75, 3.05) is 0 Å². The molecule has 6 heteroatoms. The number of unbranched alkanes of at least 4 members (excludes halogenated alkanes) is 4. The molecule has 0 amide bonds. The van der Waals surface area contributed by atoms with Crippen molar-refractivity contribution in [3.63, 3.8) is 0 Å². The van der Waals surface area contributed by atoms with Gasteiger partial charge in [-0.15, -0.1) is 0 Å². The highest BCUT2D eigenvalue weighted by molar-refractivity contribution is 5.68. The molecular weight excluding hydrogens is 336 g/mol. The van der Waals surface area contributed by atoms with Gasteiger partial charge < -0.3 is 0 Å². The normalized spacial score (nSPS) is 12.1. The van der Waals surface area contributed by atoms with Gasteiger partial charge in [-0.25, -0.2) is 9.59 Å². The van der Waals surface area contributed by atoms with E-state index >= 15 is 0 Å². The van der Waals surface area contributed by atoms with Crippen LogP contribution >= 0.6 is 0 Å². The SMILES string of the molecule is CC(C)(C)CCCCCC(=O)OOOOC(=O)CCCCCC(C)(C)C. The van der Waals surface area contributed by atoms with Gasteiger partial charge in [0.1, 0.15) is 0 Å². The average Bonchev–Trinajstić information content (AvgIpc) is 2.48. The van der Waals surface area contributed by atoms with Crippen molar-refractivity contribution in [2.24, 2.45) is 10.8 Å². The van der Waals surface area contributed by atoms with Gasteiger partial charge in [0.05, 0.1) is 0 Å². The molecule has 0 saturated carbocycles. The molecule has 0 aromatic heterocycles. The smallest absolute Gasteiger partial charge is 0.266 e. The van der Waals surface area contributed by atoms with Gasteiger partial charge in [0.15, 0.2) is 0 Å². The van der Waals surface area contributed by atoms with E-state index < -0.39 is 11.9 Å². The molecule has 0 spiro atoms. The highest BCUT2D eigenvalue weighted by Crippen LogP contribution is 2.23. The van der Waals surface area contributed by atoms with Gasteiger partial charge in [-0.3, -0.25) is 9.78 Å². The molecule has 0 aliphatic carbocycles. The Balaban J connectivity index is 3.47. The van der Waals surface area contributed by atoms with E-state index in [1.807, 2.05) is 0 Å². The molecule has 0 unspecified atom stereocenters. The third-order valence-electron chi connectivity index (χ3n) is 3.90. The molecular formula is C20H38O6. The number of rotatable bonds is 13. The lowest BCUT2D eigenvalue weighted by molar-refractivity contribution is -0.600. The van der Waals surface area contributed by atoms with Crippen LogP contribution in [0.2, 0.25) is 0 Å². The molecule has 0 saturated heterocycles. The van der Waals surface area contributed by atoms with E-state index in [1.165, 1.54) is 0 Å². The van der Waals surface area contributed by atoms with Gasteiger partial charge >= 0.3 is 11.9 Å². The zero-order valence-corrected chi connectivity index (χ0v) is 17.5. The van der Waals surface area contributed by atoms with Crippen molar-refractivity contribution < 1.29 is 29.4 Å². The fourth-order valence-corrected chi connectivity index (χ4v) is 2.39. The van der Waals surface area contributed by atoms with Gasteiger partial charge in [0.25, 0.3) is 0 Å². The molecule has 26 heavy (non-hydrogen) atoms. The Bertz CT molecular complexity index is 354. The fraction of sp³-hybridized carbons (Fsp3) is 0.900. The van der Waals surface area contributed by atoms with Crippen molar-refractivity contribution in [3.05, 3.63) is 0 Å². The van der Waals surface area contributed by atoms with Crippen LogP contribution in [-0.2, 0) is 29.4 Å². The van der Waals surface area contributed by atoms with E-state index in [-0.39, 0.29) is 12.8 Å². The molecule has 0 aromatic carbocycles. The predicted molar refractivity (Wildman–Crippen MR) is 99.4 cm³/mol. The van der Waals surface area contributed by atoms with Gasteiger partial charge in [-0.1, -0.05) is 67.2 Å². The fourth-order valence-electron chi connectivity index (χ4n) is 2.39. The topological polar surface area (TPSA) is 71.1 Å². The molecule has 0 radical (unpaired) electrons. The molecule has 0 aromatic rings. The lowest BCUT2D eigenvalue weighted by atomic mass is 9.89. The van der Waals surface area contributed by atoms with Crippen molar-refractivity contribution in [1.29, 1.82) is 0 Å². The Hall–Kier alpha value is -1.14. The Morgan fingerprint density at radius 1 is 0.577 bits per heavy atom. The Kier molecular flexibility index (Phi) is 12.5. The van der Waals surface area contributed by atoms with Crippen LogP contribution < -0.4 is 0 Å². The molecule has 0 fully saturated rings. The first-order valence-corrected chi connectivity index (χ1v) is 9.73. The molecule has 0 aliphatic heterocycles. The second-order valence-corrected chi connectivity index (χ2v) is 9.29. The minimum Gasteiger partial charge on any atom is -0.266 e. The molecule has 154 valence electrons. The molecule has 0 atom stereocenters. The van der Waals surface area contributed by atoms with Crippen molar-refractivity contribution in [1.82, 2.24) is 0 Å². The lowest BCUT2D eigenvalue weighted by Gasteiger charge is -2.17. The molecule has 0 aliphatic rings. The van der Waals surface area contributed by atoms with Gasteiger partial charge in [0.2, 0.25) is 0 Å². The molecule has 0 heterocycles. The first-order valence-electron chi connectivity index (χ1n) is 9.73. The van der Waals surface area contributed by atoms with Crippen LogP contribution in [0, 0.1) is 10.8 Å². The van der Waals surface area contributed by atoms with E-state index in [2.05, 4.69) is 61.4 Å². The molecule has 0 N–H and O–H groups in total. The third-order valence-corrected chi connectivity index (χ3v) is 3.90. The summed E-state index contributed by atoms with van der Waals surface area (Å²) in [5.41, 5.74) is 0.627. The van der Waals surface area contributed by atoms with Crippen LogP contribution in [0.3, 0.4) is 0 Å². The Morgan fingerprint density at radius 3 is 1.23 bits per heavy atom. The van der Waals surface area contributed by atoms with Crippen LogP contribution in [-0.4, -0.2) is 11.9 Å². The van der Waals surface area contributed by atoms with Gasteiger partial charge in [0, 0.05) is 22.9 Å². The maximum Gasteiger partial charge on any atom is 0.345 e. The minimum absolute atomic E-state index is 0.245. The van der Waals surface area contributed by atoms with E-state index in [1.54, 1.807) is 0 Å². The second kappa shape index (κ2) is 13.1. The average molecular weight is 375 g/mol. The maximum atomic E-state index is 11.4. The quantitative estimate of drug-likeness (QED) is 0.229. The van der Waals surface area contributed by atoms with Gasteiger partial charge in [-0.2, -0.15) is 0 Å². The predicted octanol–water partition coefficient (Wildman–Crippen LogP) is 5.84. The summed E-state index contributed by atoms with van der Waals surface area (Å²) < 4.78 is 0. The van der Waals surface area contributed by atoms with E-state index in [0.717, 1.165) is 51.4 Å². The highest BCUT2D eigenvalue weighted by atomic mass is 17.7. The summed E-state index contributed by atoms with van der Waals surface area (Å²) >= 11 is 0. The summed E-state index contributed by atoms with van der Waals surface area (Å²) in [5.74, 6) is -1.09. The summed E-state index contributed by atoms with van der Waals surface area (Å²) in [6.07, 6.45) is 8.24. The van der Waals surface area contributed by atoms with Crippen molar-refractivity contribution in [3.8, 4) is 0 Å². The van der Waals surface area contributed by atoms with Crippen LogP contribution in [0.25, 0.3) is 0 Å². The summed E-state index contributed by atoms with van der Waals surface area (Å²) in [4.78, 5) is 31.6. The zero-order valence-electron chi connectivity index (χ0n) is 17.5. The van der Waals surface area contributed by atoms with Crippen LogP contribution in [0.15, 0.2) is 0 Å². The maximum absolute atomic E-state index is 11.4. The monoisotopic (exact) mass is 374 g/mol.